The van der Waals surface area contributed by atoms with E-state index in [9.17, 15) is 9.90 Å². The molecule has 7 nitrogen and oxygen atoms in total. The second-order valence-corrected chi connectivity index (χ2v) is 8.12. The number of hydrogen-bond acceptors (Lipinski definition) is 4. The van der Waals surface area contributed by atoms with Crippen LogP contribution in [0.3, 0.4) is 0 Å². The number of phenolic OH excluding ortho intramolecular Hbond substituents is 1. The van der Waals surface area contributed by atoms with Gasteiger partial charge >= 0.3 is 0 Å². The molecule has 5 aromatic rings. The zero-order chi connectivity index (χ0) is 23.5. The molecule has 172 valence electrons. The standard InChI is InChI=1S/C27H26N4O3/c1-2-34-22-9-10-24-23(16-22)25(31-15-12-20-4-3-13-29-27(20)31)17-30(24)18-26(33)28-14-11-19-5-7-21(32)8-6-19/h3-10,12-13,15-17,32H,2,11,14,18H2,1H3,(H,28,33). The van der Waals surface area contributed by atoms with Crippen molar-refractivity contribution in [1.29, 1.82) is 0 Å². The number of nitrogens with one attached hydrogen (secondary N) is 1. The van der Waals surface area contributed by atoms with Crippen molar-refractivity contribution >= 4 is 27.8 Å². The number of rotatable bonds is 8. The molecule has 3 aromatic heterocycles. The van der Waals surface area contributed by atoms with Gasteiger partial charge in [-0.3, -0.25) is 9.36 Å². The van der Waals surface area contributed by atoms with E-state index < -0.39 is 0 Å². The molecule has 2 aromatic carbocycles. The van der Waals surface area contributed by atoms with Crippen molar-refractivity contribution in [3.8, 4) is 17.2 Å². The summed E-state index contributed by atoms with van der Waals surface area (Å²) in [6, 6.07) is 19.0. The first-order valence-electron chi connectivity index (χ1n) is 11.3. The van der Waals surface area contributed by atoms with Crippen molar-refractivity contribution in [3.63, 3.8) is 0 Å². The summed E-state index contributed by atoms with van der Waals surface area (Å²) in [6.07, 6.45) is 6.48. The summed E-state index contributed by atoms with van der Waals surface area (Å²) in [4.78, 5) is 17.3. The van der Waals surface area contributed by atoms with Gasteiger partial charge in [0.05, 0.1) is 17.8 Å². The maximum Gasteiger partial charge on any atom is 0.239 e. The molecule has 0 saturated carbocycles. The molecule has 0 saturated heterocycles. The summed E-state index contributed by atoms with van der Waals surface area (Å²) in [5, 5.41) is 14.5. The van der Waals surface area contributed by atoms with Crippen LogP contribution in [0.5, 0.6) is 11.5 Å². The Hall–Kier alpha value is -4.26. The first kappa shape index (κ1) is 21.6. The van der Waals surface area contributed by atoms with E-state index in [-0.39, 0.29) is 18.2 Å². The van der Waals surface area contributed by atoms with Gasteiger partial charge in [0, 0.05) is 35.9 Å². The Morgan fingerprint density at radius 3 is 2.79 bits per heavy atom. The van der Waals surface area contributed by atoms with Crippen molar-refractivity contribution < 1.29 is 14.6 Å². The lowest BCUT2D eigenvalue weighted by molar-refractivity contribution is -0.121. The van der Waals surface area contributed by atoms with Gasteiger partial charge in [0.2, 0.25) is 5.91 Å². The highest BCUT2D eigenvalue weighted by molar-refractivity contribution is 5.93. The number of carbonyl (C=O) groups is 1. The molecule has 0 aliphatic heterocycles. The molecule has 0 radical (unpaired) electrons. The van der Waals surface area contributed by atoms with Crippen LogP contribution in [0.1, 0.15) is 12.5 Å². The van der Waals surface area contributed by atoms with Crippen LogP contribution in [0.15, 0.2) is 79.3 Å². The molecule has 3 heterocycles. The molecule has 0 aliphatic carbocycles. The Labute approximate surface area is 197 Å². The predicted molar refractivity (Wildman–Crippen MR) is 133 cm³/mol. The van der Waals surface area contributed by atoms with Crippen molar-refractivity contribution in [2.45, 2.75) is 19.9 Å². The van der Waals surface area contributed by atoms with Gasteiger partial charge in [-0.05, 0) is 67.4 Å². The number of aromatic hydroxyl groups is 1. The summed E-state index contributed by atoms with van der Waals surface area (Å²) in [5.41, 5.74) is 3.82. The first-order valence-corrected chi connectivity index (χ1v) is 11.3. The number of nitrogens with zero attached hydrogens (tertiary/aromatic N) is 3. The van der Waals surface area contributed by atoms with Gasteiger partial charge in [-0.1, -0.05) is 12.1 Å². The maximum absolute atomic E-state index is 12.8. The Morgan fingerprint density at radius 1 is 1.12 bits per heavy atom. The van der Waals surface area contributed by atoms with Crippen LogP contribution in [0, 0.1) is 0 Å². The first-order chi connectivity index (χ1) is 16.6. The largest absolute Gasteiger partial charge is 0.508 e. The molecule has 0 aliphatic rings. The summed E-state index contributed by atoms with van der Waals surface area (Å²) in [5.74, 6) is 0.963. The van der Waals surface area contributed by atoms with E-state index in [1.54, 1.807) is 18.3 Å². The molecule has 0 spiro atoms. The number of pyridine rings is 1. The highest BCUT2D eigenvalue weighted by Gasteiger charge is 2.15. The van der Waals surface area contributed by atoms with Crippen molar-refractivity contribution in [1.82, 2.24) is 19.4 Å². The molecule has 7 heteroatoms. The number of amides is 1. The van der Waals surface area contributed by atoms with E-state index in [1.165, 1.54) is 0 Å². The van der Waals surface area contributed by atoms with E-state index >= 15 is 0 Å². The van der Waals surface area contributed by atoms with Crippen molar-refractivity contribution in [2.24, 2.45) is 0 Å². The minimum Gasteiger partial charge on any atom is -0.508 e. The number of hydrogen-bond donors (Lipinski definition) is 2. The van der Waals surface area contributed by atoms with Crippen LogP contribution in [0.2, 0.25) is 0 Å². The third-order valence-corrected chi connectivity index (χ3v) is 5.84. The molecule has 1 amide bonds. The number of phenols is 1. The van der Waals surface area contributed by atoms with Crippen LogP contribution >= 0.6 is 0 Å². The molecule has 0 atom stereocenters. The summed E-state index contributed by atoms with van der Waals surface area (Å²) in [7, 11) is 0. The normalized spacial score (nSPS) is 11.2. The molecular weight excluding hydrogens is 428 g/mol. The van der Waals surface area contributed by atoms with E-state index in [1.807, 2.05) is 77.0 Å². The lowest BCUT2D eigenvalue weighted by Crippen LogP contribution is -2.29. The van der Waals surface area contributed by atoms with Crippen LogP contribution < -0.4 is 10.1 Å². The van der Waals surface area contributed by atoms with E-state index in [2.05, 4.69) is 10.3 Å². The Morgan fingerprint density at radius 2 is 1.97 bits per heavy atom. The van der Waals surface area contributed by atoms with E-state index in [0.717, 1.165) is 38.9 Å². The quantitative estimate of drug-likeness (QED) is 0.363. The average Bonchev–Trinajstić information content (AvgIpc) is 3.42. The maximum atomic E-state index is 12.8. The van der Waals surface area contributed by atoms with Crippen LogP contribution in [-0.4, -0.2) is 38.3 Å². The SMILES string of the molecule is CCOc1ccc2c(c1)c(-n1ccc3cccnc31)cn2CC(=O)NCCc1ccc(O)cc1. The molecule has 0 fully saturated rings. The third kappa shape index (κ3) is 4.32. The van der Waals surface area contributed by atoms with Gasteiger partial charge in [0.1, 0.15) is 23.7 Å². The number of ether oxygens (including phenoxy) is 1. The lowest BCUT2D eigenvalue weighted by Gasteiger charge is -2.08. The summed E-state index contributed by atoms with van der Waals surface area (Å²) < 4.78 is 9.75. The lowest BCUT2D eigenvalue weighted by atomic mass is 10.1. The fourth-order valence-electron chi connectivity index (χ4n) is 4.22. The Kier molecular flexibility index (Phi) is 5.91. The Bertz CT molecular complexity index is 1450. The van der Waals surface area contributed by atoms with Crippen LogP contribution in [-0.2, 0) is 17.8 Å². The fraction of sp³-hybridized carbons (Fsp3) is 0.185. The summed E-state index contributed by atoms with van der Waals surface area (Å²) in [6.45, 7) is 3.27. The second-order valence-electron chi connectivity index (χ2n) is 8.12. The van der Waals surface area contributed by atoms with Crippen molar-refractivity contribution in [2.75, 3.05) is 13.2 Å². The minimum absolute atomic E-state index is 0.0633. The van der Waals surface area contributed by atoms with E-state index in [0.29, 0.717) is 19.6 Å². The second kappa shape index (κ2) is 9.31. The molecule has 0 unspecified atom stereocenters. The van der Waals surface area contributed by atoms with Crippen LogP contribution in [0.25, 0.3) is 27.6 Å². The molecule has 0 bridgehead atoms. The van der Waals surface area contributed by atoms with Gasteiger partial charge < -0.3 is 19.7 Å². The number of carbonyl (C=O) groups excluding carboxylic acids is 1. The average molecular weight is 455 g/mol. The Balaban J connectivity index is 1.41. The topological polar surface area (TPSA) is 81.3 Å². The van der Waals surface area contributed by atoms with Crippen LogP contribution in [0.4, 0.5) is 0 Å². The van der Waals surface area contributed by atoms with Gasteiger partial charge in [-0.2, -0.15) is 0 Å². The molecule has 2 N–H and O–H groups in total. The molecular formula is C27H26N4O3. The van der Waals surface area contributed by atoms with Crippen molar-refractivity contribution in [3.05, 3.63) is 84.8 Å². The highest BCUT2D eigenvalue weighted by Crippen LogP contribution is 2.31. The smallest absolute Gasteiger partial charge is 0.239 e. The van der Waals surface area contributed by atoms with Gasteiger partial charge in [0.25, 0.3) is 0 Å². The number of fused-ring (bicyclic) bond motifs is 2. The molecule has 34 heavy (non-hydrogen) atoms. The van der Waals surface area contributed by atoms with E-state index in [4.69, 9.17) is 4.74 Å². The van der Waals surface area contributed by atoms with Gasteiger partial charge in [0.15, 0.2) is 0 Å². The third-order valence-electron chi connectivity index (χ3n) is 5.84. The minimum atomic E-state index is -0.0633. The van der Waals surface area contributed by atoms with Gasteiger partial charge in [-0.25, -0.2) is 4.98 Å². The highest BCUT2D eigenvalue weighted by atomic mass is 16.5. The number of benzene rings is 2. The number of aromatic nitrogens is 3. The molecule has 5 rings (SSSR count). The summed E-state index contributed by atoms with van der Waals surface area (Å²) >= 11 is 0. The van der Waals surface area contributed by atoms with Gasteiger partial charge in [-0.15, -0.1) is 0 Å². The predicted octanol–water partition coefficient (Wildman–Crippen LogP) is 4.44. The fourth-order valence-corrected chi connectivity index (χ4v) is 4.22. The zero-order valence-corrected chi connectivity index (χ0v) is 18.9. The zero-order valence-electron chi connectivity index (χ0n) is 18.9. The monoisotopic (exact) mass is 454 g/mol.